The van der Waals surface area contributed by atoms with Gasteiger partial charge in [0, 0.05) is 9.89 Å². The minimum absolute atomic E-state index is 0.236. The molecule has 5 nitrogen and oxygen atoms in total. The van der Waals surface area contributed by atoms with Gasteiger partial charge in [0.2, 0.25) is 5.91 Å². The van der Waals surface area contributed by atoms with E-state index in [-0.39, 0.29) is 11.8 Å². The predicted octanol–water partition coefficient (Wildman–Crippen LogP) is 4.71. The highest BCUT2D eigenvalue weighted by Crippen LogP contribution is 2.24. The molecule has 2 N–H and O–H groups in total. The van der Waals surface area contributed by atoms with Crippen LogP contribution in [0.1, 0.15) is 48.2 Å². The topological polar surface area (TPSA) is 67.4 Å². The fraction of sp³-hybridized carbons (Fsp3) is 0.364. The van der Waals surface area contributed by atoms with Gasteiger partial charge in [-0.15, -0.1) is 0 Å². The third-order valence-corrected chi connectivity index (χ3v) is 5.26. The maximum atomic E-state index is 12.5. The van der Waals surface area contributed by atoms with Gasteiger partial charge in [0.1, 0.15) is 5.75 Å². The summed E-state index contributed by atoms with van der Waals surface area (Å²) in [6, 6.07) is 13.2. The van der Waals surface area contributed by atoms with Gasteiger partial charge in [0.05, 0.1) is 12.2 Å². The van der Waals surface area contributed by atoms with Crippen molar-refractivity contribution in [1.82, 2.24) is 10.9 Å². The van der Waals surface area contributed by atoms with Crippen molar-refractivity contribution in [3.05, 3.63) is 63.6 Å². The van der Waals surface area contributed by atoms with Crippen molar-refractivity contribution < 1.29 is 14.3 Å². The molecule has 0 spiro atoms. The average molecular weight is 447 g/mol. The number of aryl methyl sites for hydroxylation is 2. The van der Waals surface area contributed by atoms with Crippen LogP contribution in [0.25, 0.3) is 0 Å². The first-order chi connectivity index (χ1) is 13.2. The molecule has 0 fully saturated rings. The minimum atomic E-state index is -0.633. The molecule has 0 saturated carbocycles. The molecule has 28 heavy (non-hydrogen) atoms. The lowest BCUT2D eigenvalue weighted by Gasteiger charge is -2.23. The van der Waals surface area contributed by atoms with Crippen LogP contribution in [0.15, 0.2) is 46.9 Å². The lowest BCUT2D eigenvalue weighted by Crippen LogP contribution is -2.47. The molecule has 0 heterocycles. The van der Waals surface area contributed by atoms with Crippen LogP contribution in [0.4, 0.5) is 0 Å². The Bertz CT molecular complexity index is 849. The SMILES string of the molecule is Cc1ccc(C)c(OCCCC(C)(C)C(=O)NNC(=O)c2ccccc2Br)c1. The largest absolute Gasteiger partial charge is 0.493 e. The second-order valence-electron chi connectivity index (χ2n) is 7.49. The van der Waals surface area contributed by atoms with Crippen molar-refractivity contribution >= 4 is 27.7 Å². The lowest BCUT2D eigenvalue weighted by atomic mass is 9.87. The number of amides is 2. The van der Waals surface area contributed by atoms with Gasteiger partial charge in [-0.2, -0.15) is 0 Å². The second-order valence-corrected chi connectivity index (χ2v) is 8.35. The Morgan fingerprint density at radius 1 is 1.07 bits per heavy atom. The smallest absolute Gasteiger partial charge is 0.270 e. The average Bonchev–Trinajstić information content (AvgIpc) is 2.66. The van der Waals surface area contributed by atoms with Gasteiger partial charge in [-0.3, -0.25) is 20.4 Å². The van der Waals surface area contributed by atoms with E-state index in [2.05, 4.69) is 32.8 Å². The number of nitrogens with one attached hydrogen (secondary N) is 2. The first-order valence-electron chi connectivity index (χ1n) is 9.26. The van der Waals surface area contributed by atoms with Crippen LogP contribution in [-0.2, 0) is 4.79 Å². The lowest BCUT2D eigenvalue weighted by molar-refractivity contribution is -0.130. The Morgan fingerprint density at radius 3 is 2.50 bits per heavy atom. The predicted molar refractivity (Wildman–Crippen MR) is 114 cm³/mol. The van der Waals surface area contributed by atoms with Gasteiger partial charge >= 0.3 is 0 Å². The number of hydrogen-bond donors (Lipinski definition) is 2. The molecule has 0 aromatic heterocycles. The molecule has 150 valence electrons. The Kier molecular flexibility index (Phi) is 7.63. The number of ether oxygens (including phenoxy) is 1. The van der Waals surface area contributed by atoms with Gasteiger partial charge in [-0.05, 0) is 71.9 Å². The van der Waals surface area contributed by atoms with Crippen molar-refractivity contribution in [2.24, 2.45) is 5.41 Å². The standard InChI is InChI=1S/C22H27BrN2O3/c1-15-10-11-16(2)19(14-15)28-13-7-12-22(3,4)21(27)25-24-20(26)17-8-5-6-9-18(17)23/h5-6,8-11,14H,7,12-13H2,1-4H3,(H,24,26)(H,25,27). The summed E-state index contributed by atoms with van der Waals surface area (Å²) in [5.74, 6) is 0.275. The van der Waals surface area contributed by atoms with Crippen molar-refractivity contribution in [2.45, 2.75) is 40.5 Å². The molecule has 0 aliphatic rings. The zero-order valence-corrected chi connectivity index (χ0v) is 18.4. The molecule has 0 aliphatic heterocycles. The Morgan fingerprint density at radius 2 is 1.79 bits per heavy atom. The normalized spacial score (nSPS) is 11.0. The number of hydrogen-bond acceptors (Lipinski definition) is 3. The Labute approximate surface area is 175 Å². The van der Waals surface area contributed by atoms with Gasteiger partial charge < -0.3 is 4.74 Å². The number of carbonyl (C=O) groups excluding carboxylic acids is 2. The van der Waals surface area contributed by atoms with Gasteiger partial charge in [0.15, 0.2) is 0 Å². The van der Waals surface area contributed by atoms with Crippen LogP contribution in [-0.4, -0.2) is 18.4 Å². The highest BCUT2D eigenvalue weighted by Gasteiger charge is 2.27. The van der Waals surface area contributed by atoms with Crippen molar-refractivity contribution in [3.8, 4) is 5.75 Å². The van der Waals surface area contributed by atoms with Gasteiger partial charge in [-0.25, -0.2) is 0 Å². The van der Waals surface area contributed by atoms with E-state index in [4.69, 9.17) is 4.74 Å². The second kappa shape index (κ2) is 9.73. The van der Waals surface area contributed by atoms with Crippen molar-refractivity contribution in [1.29, 1.82) is 0 Å². The summed E-state index contributed by atoms with van der Waals surface area (Å²) < 4.78 is 6.53. The quantitative estimate of drug-likeness (QED) is 0.477. The number of hydrazine groups is 1. The van der Waals surface area contributed by atoms with E-state index in [1.165, 1.54) is 0 Å². The minimum Gasteiger partial charge on any atom is -0.493 e. The first kappa shape index (κ1) is 22.0. The third-order valence-electron chi connectivity index (χ3n) is 4.57. The fourth-order valence-corrected chi connectivity index (χ4v) is 3.13. The maximum absolute atomic E-state index is 12.5. The van der Waals surface area contributed by atoms with Crippen LogP contribution in [0, 0.1) is 19.3 Å². The Balaban J connectivity index is 1.79. The number of halogens is 1. The van der Waals surface area contributed by atoms with Gasteiger partial charge in [-0.1, -0.05) is 38.1 Å². The molecule has 2 amide bonds. The molecule has 2 aromatic carbocycles. The molecule has 0 radical (unpaired) electrons. The molecule has 2 aromatic rings. The van der Waals surface area contributed by atoms with E-state index in [9.17, 15) is 9.59 Å². The van der Waals surface area contributed by atoms with E-state index in [1.807, 2.05) is 45.9 Å². The van der Waals surface area contributed by atoms with Crippen molar-refractivity contribution in [2.75, 3.05) is 6.61 Å². The molecule has 2 rings (SSSR count). The molecular formula is C22H27BrN2O3. The number of carbonyl (C=O) groups is 2. The number of rotatable bonds is 7. The summed E-state index contributed by atoms with van der Waals surface area (Å²) >= 11 is 3.33. The molecular weight excluding hydrogens is 420 g/mol. The van der Waals surface area contributed by atoms with Gasteiger partial charge in [0.25, 0.3) is 5.91 Å². The van der Waals surface area contributed by atoms with Crippen LogP contribution in [0.2, 0.25) is 0 Å². The monoisotopic (exact) mass is 446 g/mol. The van der Waals surface area contributed by atoms with E-state index in [0.717, 1.165) is 23.3 Å². The maximum Gasteiger partial charge on any atom is 0.270 e. The van der Waals surface area contributed by atoms with Crippen LogP contribution < -0.4 is 15.6 Å². The molecule has 0 bridgehead atoms. The third kappa shape index (κ3) is 6.09. The zero-order valence-electron chi connectivity index (χ0n) is 16.8. The molecule has 6 heteroatoms. The van der Waals surface area contributed by atoms with E-state index in [1.54, 1.807) is 18.2 Å². The molecule has 0 aliphatic carbocycles. The van der Waals surface area contributed by atoms with E-state index in [0.29, 0.717) is 23.1 Å². The highest BCUT2D eigenvalue weighted by atomic mass is 79.9. The molecule has 0 atom stereocenters. The summed E-state index contributed by atoms with van der Waals surface area (Å²) in [5.41, 5.74) is 7.08. The van der Waals surface area contributed by atoms with E-state index >= 15 is 0 Å². The summed E-state index contributed by atoms with van der Waals surface area (Å²) in [7, 11) is 0. The zero-order chi connectivity index (χ0) is 20.7. The number of benzene rings is 2. The highest BCUT2D eigenvalue weighted by molar-refractivity contribution is 9.10. The summed E-state index contributed by atoms with van der Waals surface area (Å²) in [6.45, 7) is 8.28. The Hall–Kier alpha value is -2.34. The summed E-state index contributed by atoms with van der Waals surface area (Å²) in [6.07, 6.45) is 1.36. The first-order valence-corrected chi connectivity index (χ1v) is 10.1. The fourth-order valence-electron chi connectivity index (χ4n) is 2.67. The molecule has 0 saturated heterocycles. The summed E-state index contributed by atoms with van der Waals surface area (Å²) in [4.78, 5) is 24.7. The van der Waals surface area contributed by atoms with Crippen LogP contribution in [0.5, 0.6) is 5.75 Å². The van der Waals surface area contributed by atoms with E-state index < -0.39 is 5.41 Å². The molecule has 0 unspecified atom stereocenters. The van der Waals surface area contributed by atoms with Crippen LogP contribution >= 0.6 is 15.9 Å². The van der Waals surface area contributed by atoms with Crippen molar-refractivity contribution in [3.63, 3.8) is 0 Å². The van der Waals surface area contributed by atoms with Crippen LogP contribution in [0.3, 0.4) is 0 Å². The summed E-state index contributed by atoms with van der Waals surface area (Å²) in [5, 5.41) is 0.